The van der Waals surface area contributed by atoms with Crippen molar-refractivity contribution in [2.45, 2.75) is 19.4 Å². The highest BCUT2D eigenvalue weighted by Gasteiger charge is 2.10. The third kappa shape index (κ3) is 4.12. The number of hydrogen-bond donors (Lipinski definition) is 0. The first-order valence-corrected chi connectivity index (χ1v) is 6.87. The summed E-state index contributed by atoms with van der Waals surface area (Å²) in [6.07, 6.45) is 9.12. The summed E-state index contributed by atoms with van der Waals surface area (Å²) in [6.45, 7) is 2.40. The van der Waals surface area contributed by atoms with Crippen molar-refractivity contribution in [2.24, 2.45) is 4.99 Å². The van der Waals surface area contributed by atoms with E-state index in [1.54, 1.807) is 18.2 Å². The Morgan fingerprint density at radius 3 is 2.74 bits per heavy atom. The van der Waals surface area contributed by atoms with Gasteiger partial charge in [0.25, 0.3) is 0 Å². The average Bonchev–Trinajstić information content (AvgIpc) is 2.34. The minimum atomic E-state index is -0.0164. The van der Waals surface area contributed by atoms with E-state index in [1.165, 1.54) is 0 Å². The van der Waals surface area contributed by atoms with Crippen LogP contribution in [-0.2, 0) is 0 Å². The fraction of sp³-hybridized carbons (Fsp3) is 0.267. The molecule has 0 saturated carbocycles. The predicted octanol–water partition coefficient (Wildman–Crippen LogP) is 4.72. The fourth-order valence-electron chi connectivity index (χ4n) is 1.78. The van der Waals surface area contributed by atoms with E-state index in [0.29, 0.717) is 22.4 Å². The van der Waals surface area contributed by atoms with Gasteiger partial charge in [-0.05, 0) is 31.6 Å². The zero-order chi connectivity index (χ0) is 13.7. The van der Waals surface area contributed by atoms with Crippen LogP contribution in [0.25, 0.3) is 0 Å². The maximum atomic E-state index is 6.06. The topological polar surface area (TPSA) is 21.6 Å². The second kappa shape index (κ2) is 6.78. The van der Waals surface area contributed by atoms with Gasteiger partial charge in [-0.2, -0.15) is 0 Å². The van der Waals surface area contributed by atoms with Crippen LogP contribution in [0.5, 0.6) is 5.75 Å². The molecule has 0 amide bonds. The molecular weight excluding hydrogens is 281 g/mol. The number of hydrogen-bond acceptors (Lipinski definition) is 2. The van der Waals surface area contributed by atoms with Crippen molar-refractivity contribution in [3.05, 3.63) is 52.5 Å². The van der Waals surface area contributed by atoms with Crippen molar-refractivity contribution in [1.82, 2.24) is 0 Å². The largest absolute Gasteiger partial charge is 0.488 e. The summed E-state index contributed by atoms with van der Waals surface area (Å²) in [5, 5.41) is 1.03. The zero-order valence-electron chi connectivity index (χ0n) is 10.6. The molecule has 19 heavy (non-hydrogen) atoms. The molecule has 1 aliphatic heterocycles. The maximum Gasteiger partial charge on any atom is 0.156 e. The van der Waals surface area contributed by atoms with E-state index in [-0.39, 0.29) is 6.04 Å². The summed E-state index contributed by atoms with van der Waals surface area (Å²) in [4.78, 5) is 4.54. The third-order valence-electron chi connectivity index (χ3n) is 2.68. The van der Waals surface area contributed by atoms with E-state index < -0.39 is 0 Å². The van der Waals surface area contributed by atoms with Gasteiger partial charge in [-0.25, -0.2) is 0 Å². The molecule has 0 saturated heterocycles. The highest BCUT2D eigenvalue weighted by atomic mass is 35.5. The minimum absolute atomic E-state index is 0.0164. The summed E-state index contributed by atoms with van der Waals surface area (Å²) in [5.74, 6) is 0.518. The molecular formula is C15H15Cl2NO. The van der Waals surface area contributed by atoms with Gasteiger partial charge in [-0.3, -0.25) is 4.99 Å². The number of halogens is 2. The molecule has 0 spiro atoms. The molecule has 0 bridgehead atoms. The van der Waals surface area contributed by atoms with Gasteiger partial charge in [0.1, 0.15) is 12.6 Å². The molecule has 100 valence electrons. The Morgan fingerprint density at radius 2 is 2.00 bits per heavy atom. The number of allylic oxidation sites excluding steroid dienone is 3. The summed E-state index contributed by atoms with van der Waals surface area (Å²) in [5.41, 5.74) is 0.989. The first kappa shape index (κ1) is 14.2. The van der Waals surface area contributed by atoms with Gasteiger partial charge in [-0.15, -0.1) is 0 Å². The summed E-state index contributed by atoms with van der Waals surface area (Å²) < 4.78 is 5.71. The smallest absolute Gasteiger partial charge is 0.156 e. The van der Waals surface area contributed by atoms with Crippen molar-refractivity contribution in [3.8, 4) is 5.75 Å². The van der Waals surface area contributed by atoms with Crippen LogP contribution in [0.15, 0.2) is 47.5 Å². The average molecular weight is 296 g/mol. The molecule has 1 atom stereocenters. The first-order chi connectivity index (χ1) is 9.16. The Bertz CT molecular complexity index is 515. The standard InChI is InChI=1S/C15H15Cl2NO/c1-11-6-3-2-4-7-12(18-11)10-19-15-13(16)8-5-9-14(15)17/h3-9,12H,2,10H2,1H3/b6-3-,7-4?,18-11?. The van der Waals surface area contributed by atoms with E-state index in [0.717, 1.165) is 12.1 Å². The van der Waals surface area contributed by atoms with Crippen molar-refractivity contribution < 1.29 is 4.74 Å². The van der Waals surface area contributed by atoms with Crippen LogP contribution in [0.3, 0.4) is 0 Å². The lowest BCUT2D eigenvalue weighted by Gasteiger charge is -2.14. The predicted molar refractivity (Wildman–Crippen MR) is 81.8 cm³/mol. The second-order valence-corrected chi connectivity index (χ2v) is 5.08. The molecule has 0 fully saturated rings. The van der Waals surface area contributed by atoms with Crippen LogP contribution < -0.4 is 4.74 Å². The van der Waals surface area contributed by atoms with E-state index in [1.807, 2.05) is 19.1 Å². The lowest BCUT2D eigenvalue weighted by molar-refractivity contribution is 0.307. The number of aliphatic imine (C=N–C) groups is 1. The number of para-hydroxylation sites is 1. The lowest BCUT2D eigenvalue weighted by atomic mass is 10.2. The quantitative estimate of drug-likeness (QED) is 0.740. The number of rotatable bonds is 3. The molecule has 4 heteroatoms. The molecule has 1 aromatic carbocycles. The van der Waals surface area contributed by atoms with Gasteiger partial charge in [0, 0.05) is 5.71 Å². The molecule has 1 aliphatic rings. The SMILES string of the molecule is CC1=NC(COc2c(Cl)cccc2Cl)C=CC/C=C\1. The van der Waals surface area contributed by atoms with E-state index >= 15 is 0 Å². The molecule has 1 unspecified atom stereocenters. The molecule has 1 heterocycles. The Hall–Kier alpha value is -1.25. The van der Waals surface area contributed by atoms with E-state index in [9.17, 15) is 0 Å². The van der Waals surface area contributed by atoms with Crippen LogP contribution in [0, 0.1) is 0 Å². The summed E-state index contributed by atoms with van der Waals surface area (Å²) >= 11 is 12.1. The molecule has 1 aromatic rings. The van der Waals surface area contributed by atoms with Gasteiger partial charge in [0.15, 0.2) is 5.75 Å². The minimum Gasteiger partial charge on any atom is -0.488 e. The van der Waals surface area contributed by atoms with Crippen LogP contribution in [-0.4, -0.2) is 18.4 Å². The number of nitrogens with zero attached hydrogens (tertiary/aromatic N) is 1. The van der Waals surface area contributed by atoms with Crippen LogP contribution >= 0.6 is 23.2 Å². The Balaban J connectivity index is 2.07. The molecule has 2 nitrogen and oxygen atoms in total. The monoisotopic (exact) mass is 295 g/mol. The highest BCUT2D eigenvalue weighted by molar-refractivity contribution is 6.37. The first-order valence-electron chi connectivity index (χ1n) is 6.11. The van der Waals surface area contributed by atoms with Crippen LogP contribution in [0.2, 0.25) is 10.0 Å². The normalized spacial score (nSPS) is 20.4. The van der Waals surface area contributed by atoms with Crippen molar-refractivity contribution >= 4 is 28.9 Å². The van der Waals surface area contributed by atoms with Crippen LogP contribution in [0.1, 0.15) is 13.3 Å². The van der Waals surface area contributed by atoms with Gasteiger partial charge in [-0.1, -0.05) is 47.5 Å². The summed E-state index contributed by atoms with van der Waals surface area (Å²) in [6, 6.07) is 5.29. The van der Waals surface area contributed by atoms with Gasteiger partial charge < -0.3 is 4.74 Å². The van der Waals surface area contributed by atoms with Crippen molar-refractivity contribution in [2.75, 3.05) is 6.61 Å². The summed E-state index contributed by atoms with van der Waals surface area (Å²) in [7, 11) is 0. The third-order valence-corrected chi connectivity index (χ3v) is 3.27. The molecule has 2 rings (SSSR count). The van der Waals surface area contributed by atoms with Gasteiger partial charge >= 0.3 is 0 Å². The number of benzene rings is 1. The van der Waals surface area contributed by atoms with Gasteiger partial charge in [0.2, 0.25) is 0 Å². The van der Waals surface area contributed by atoms with Gasteiger partial charge in [0.05, 0.1) is 10.0 Å². The van der Waals surface area contributed by atoms with E-state index in [2.05, 4.69) is 17.1 Å². The van der Waals surface area contributed by atoms with Crippen molar-refractivity contribution in [1.29, 1.82) is 0 Å². The Morgan fingerprint density at radius 1 is 1.26 bits per heavy atom. The Kier molecular flexibility index (Phi) is 5.06. The second-order valence-electron chi connectivity index (χ2n) is 4.27. The Labute approximate surface area is 123 Å². The molecule has 0 aliphatic carbocycles. The van der Waals surface area contributed by atoms with Crippen LogP contribution in [0.4, 0.5) is 0 Å². The number of ether oxygens (including phenoxy) is 1. The zero-order valence-corrected chi connectivity index (χ0v) is 12.2. The molecule has 0 radical (unpaired) electrons. The lowest BCUT2D eigenvalue weighted by Crippen LogP contribution is -2.15. The molecule has 0 aromatic heterocycles. The fourth-order valence-corrected chi connectivity index (χ4v) is 2.29. The highest BCUT2D eigenvalue weighted by Crippen LogP contribution is 2.32. The molecule has 0 N–H and O–H groups in total. The maximum absolute atomic E-state index is 6.06. The van der Waals surface area contributed by atoms with Crippen molar-refractivity contribution in [3.63, 3.8) is 0 Å². The van der Waals surface area contributed by atoms with E-state index in [4.69, 9.17) is 27.9 Å².